The predicted octanol–water partition coefficient (Wildman–Crippen LogP) is 2.90. The molecule has 0 N–H and O–H groups in total. The van der Waals surface area contributed by atoms with E-state index in [4.69, 9.17) is 0 Å². The molecule has 2 fully saturated rings. The molecule has 0 aromatic rings. The van der Waals surface area contributed by atoms with Gasteiger partial charge in [-0.1, -0.05) is 0 Å². The molecule has 0 aromatic heterocycles. The van der Waals surface area contributed by atoms with E-state index < -0.39 is 0 Å². The normalized spacial score (nSPS) is 18.4. The summed E-state index contributed by atoms with van der Waals surface area (Å²) in [5, 5.41) is 0. The van der Waals surface area contributed by atoms with E-state index in [0.29, 0.717) is 0 Å². The van der Waals surface area contributed by atoms with E-state index in [2.05, 4.69) is 13.8 Å². The zero-order valence-electron chi connectivity index (χ0n) is 8.05. The molecule has 0 unspecified atom stereocenters. The molecule has 0 aliphatic heterocycles. The second-order valence-electron chi connectivity index (χ2n) is 2.21. The quantitative estimate of drug-likeness (QED) is 0.637. The number of hydrogen-bond acceptors (Lipinski definition) is 0. The molecule has 2 saturated carbocycles. The smallest absolute Gasteiger partial charge is 0 e. The van der Waals surface area contributed by atoms with E-state index in [1.807, 2.05) is 64.2 Å². The maximum atomic E-state index is 3.25. The topological polar surface area (TPSA) is 0 Å². The summed E-state index contributed by atoms with van der Waals surface area (Å²) in [5.74, 6) is 0. The molecular formula is C13H15Er. The van der Waals surface area contributed by atoms with Crippen molar-refractivity contribution in [1.82, 2.24) is 0 Å². The summed E-state index contributed by atoms with van der Waals surface area (Å²) in [7, 11) is 0. The largest absolute Gasteiger partial charge is 0.0499 e. The third-order valence-corrected chi connectivity index (χ3v) is 1.11. The average molecular weight is 339 g/mol. The summed E-state index contributed by atoms with van der Waals surface area (Å²) in [6.07, 6.45) is 21.5. The third-order valence-electron chi connectivity index (χ3n) is 1.11. The fourth-order valence-electron chi connectivity index (χ4n) is 0.642. The Kier molecular flexibility index (Phi) is 21.0. The Bertz CT molecular complexity index is 48.1. The van der Waals surface area contributed by atoms with Crippen LogP contribution in [-0.2, 0) is 0 Å². The van der Waals surface area contributed by atoms with Gasteiger partial charge in [-0.15, -0.1) is 0 Å². The molecule has 0 nitrogen and oxygen atoms in total. The monoisotopic (exact) mass is 337 g/mol. The van der Waals surface area contributed by atoms with Crippen LogP contribution in [0.15, 0.2) is 0 Å². The molecule has 2 aliphatic rings. The third kappa shape index (κ3) is 15.7. The fourth-order valence-corrected chi connectivity index (χ4v) is 0.642. The Hall–Kier alpha value is 1.25. The van der Waals surface area contributed by atoms with E-state index in [0.717, 1.165) is 0 Å². The van der Waals surface area contributed by atoms with Gasteiger partial charge in [0.1, 0.15) is 0 Å². The zero-order valence-corrected chi connectivity index (χ0v) is 9.91. The van der Waals surface area contributed by atoms with E-state index in [9.17, 15) is 0 Å². The van der Waals surface area contributed by atoms with Gasteiger partial charge in [0.05, 0.1) is 0 Å². The summed E-state index contributed by atoms with van der Waals surface area (Å²) >= 11 is 0. The average Bonchev–Trinajstić information content (AvgIpc) is 2.85. The summed E-state index contributed by atoms with van der Waals surface area (Å²) in [6.45, 7) is 6.50. The van der Waals surface area contributed by atoms with Crippen LogP contribution in [0.25, 0.3) is 0 Å². The van der Waals surface area contributed by atoms with Gasteiger partial charge in [-0.3, -0.25) is 0 Å². The second-order valence-corrected chi connectivity index (χ2v) is 2.21. The van der Waals surface area contributed by atoms with Gasteiger partial charge in [-0.05, 0) is 84.5 Å². The molecule has 2 aliphatic carbocycles. The van der Waals surface area contributed by atoms with Crippen LogP contribution in [0.2, 0.25) is 0 Å². The Morgan fingerprint density at radius 3 is 0.643 bits per heavy atom. The van der Waals surface area contributed by atoms with Crippen LogP contribution in [0.4, 0.5) is 0 Å². The molecule has 13 radical (unpaired) electrons. The van der Waals surface area contributed by atoms with Crippen molar-refractivity contribution in [3.8, 4) is 0 Å². The Morgan fingerprint density at radius 2 is 0.571 bits per heavy atom. The first-order valence-corrected chi connectivity index (χ1v) is 4.15. The van der Waals surface area contributed by atoms with E-state index in [1.165, 1.54) is 6.42 Å². The standard InChI is InChI=1S/2C5H5.C3H5.Er/c2*1-2-4-5-3-1;1-3-2;/h2*1-5H;3H,1-2H2;. The van der Waals surface area contributed by atoms with Crippen molar-refractivity contribution in [3.63, 3.8) is 0 Å². The van der Waals surface area contributed by atoms with Gasteiger partial charge in [0.15, 0.2) is 0 Å². The molecule has 0 amide bonds. The molecule has 2 rings (SSSR count). The molecule has 1 heteroatoms. The maximum Gasteiger partial charge on any atom is 0 e. The minimum Gasteiger partial charge on any atom is -0.0499 e. The van der Waals surface area contributed by atoms with Gasteiger partial charge < -0.3 is 0 Å². The van der Waals surface area contributed by atoms with Gasteiger partial charge >= 0.3 is 0 Å². The van der Waals surface area contributed by atoms with Gasteiger partial charge in [0, 0.05) is 37.3 Å². The first kappa shape index (κ1) is 17.6. The number of hydrogen-bond donors (Lipinski definition) is 0. The molecule has 0 aromatic carbocycles. The van der Waals surface area contributed by atoms with Crippen LogP contribution in [0.1, 0.15) is 0 Å². The Balaban J connectivity index is 0. The SMILES string of the molecule is [CH2][CH][CH2].[CH]1[CH][CH][CH][CH]1.[CH]1[CH][CH][CH][CH]1.[Er]. The zero-order chi connectivity index (χ0) is 9.78. The minimum atomic E-state index is 0. The first-order valence-electron chi connectivity index (χ1n) is 4.15. The van der Waals surface area contributed by atoms with Crippen LogP contribution >= 0.6 is 0 Å². The molecule has 0 atom stereocenters. The summed E-state index contributed by atoms with van der Waals surface area (Å²) in [6, 6.07) is 0. The summed E-state index contributed by atoms with van der Waals surface area (Å²) in [5.41, 5.74) is 0. The van der Waals surface area contributed by atoms with E-state index >= 15 is 0 Å². The van der Waals surface area contributed by atoms with E-state index in [1.54, 1.807) is 0 Å². The van der Waals surface area contributed by atoms with Gasteiger partial charge in [0.2, 0.25) is 0 Å². The van der Waals surface area contributed by atoms with Crippen molar-refractivity contribution < 1.29 is 37.3 Å². The second kappa shape index (κ2) is 16.7. The molecule has 14 heavy (non-hydrogen) atoms. The van der Waals surface area contributed by atoms with Crippen LogP contribution in [0.5, 0.6) is 0 Å². The van der Waals surface area contributed by atoms with Gasteiger partial charge in [0.25, 0.3) is 0 Å². The first-order chi connectivity index (χ1) is 6.41. The molecule has 0 spiro atoms. The van der Waals surface area contributed by atoms with Crippen LogP contribution < -0.4 is 0 Å². The van der Waals surface area contributed by atoms with Gasteiger partial charge in [-0.25, -0.2) is 0 Å². The summed E-state index contributed by atoms with van der Waals surface area (Å²) in [4.78, 5) is 0. The van der Waals surface area contributed by atoms with Crippen molar-refractivity contribution in [3.05, 3.63) is 84.5 Å². The van der Waals surface area contributed by atoms with Crippen LogP contribution in [-0.4, -0.2) is 0 Å². The summed E-state index contributed by atoms with van der Waals surface area (Å²) < 4.78 is 0. The molecule has 0 heterocycles. The van der Waals surface area contributed by atoms with Crippen molar-refractivity contribution >= 4 is 0 Å². The van der Waals surface area contributed by atoms with Crippen LogP contribution in [0, 0.1) is 122 Å². The van der Waals surface area contributed by atoms with Crippen molar-refractivity contribution in [2.24, 2.45) is 0 Å². The number of rotatable bonds is 0. The van der Waals surface area contributed by atoms with Crippen LogP contribution in [0.3, 0.4) is 0 Å². The van der Waals surface area contributed by atoms with Gasteiger partial charge in [-0.2, -0.15) is 0 Å². The van der Waals surface area contributed by atoms with E-state index in [-0.39, 0.29) is 37.3 Å². The molecule has 0 bridgehead atoms. The van der Waals surface area contributed by atoms with Crippen molar-refractivity contribution in [2.75, 3.05) is 0 Å². The Labute approximate surface area is 121 Å². The van der Waals surface area contributed by atoms with Crippen molar-refractivity contribution in [2.45, 2.75) is 0 Å². The maximum absolute atomic E-state index is 3.25. The molecular weight excluding hydrogens is 323 g/mol. The fraction of sp³-hybridized carbons (Fsp3) is 0. The molecule has 79 valence electrons. The Morgan fingerprint density at radius 1 is 0.500 bits per heavy atom. The minimum absolute atomic E-state index is 0. The van der Waals surface area contributed by atoms with Crippen molar-refractivity contribution in [1.29, 1.82) is 0 Å². The predicted molar refractivity (Wildman–Crippen MR) is 58.0 cm³/mol. The molecule has 0 saturated heterocycles.